The Bertz CT molecular complexity index is 146. The first-order valence-corrected chi connectivity index (χ1v) is 4.92. The summed E-state index contributed by atoms with van der Waals surface area (Å²) >= 11 is 0. The molecule has 0 saturated carbocycles. The van der Waals surface area contributed by atoms with Crippen LogP contribution < -0.4 is 10.6 Å². The smallest absolute Gasteiger partial charge is 0.243 e. The van der Waals surface area contributed by atoms with Crippen LogP contribution in [-0.4, -0.2) is 25.5 Å². The molecule has 0 saturated heterocycles. The van der Waals surface area contributed by atoms with E-state index in [0.29, 0.717) is 6.54 Å². The van der Waals surface area contributed by atoms with Gasteiger partial charge in [0.25, 0.3) is 0 Å². The number of hydrogen-bond donors (Lipinski definition) is 2. The monoisotopic (exact) mass is 184 g/mol. The Morgan fingerprint density at radius 1 is 1.31 bits per heavy atom. The topological polar surface area (TPSA) is 41.1 Å². The maximum Gasteiger partial charge on any atom is 0.243 e. The van der Waals surface area contributed by atoms with Crippen LogP contribution in [0.5, 0.6) is 0 Å². The molecule has 0 radical (unpaired) electrons. The van der Waals surface area contributed by atoms with Crippen LogP contribution >= 0.6 is 0 Å². The van der Waals surface area contributed by atoms with Gasteiger partial charge in [-0.2, -0.15) is 0 Å². The van der Waals surface area contributed by atoms with Crippen molar-refractivity contribution in [2.24, 2.45) is 0 Å². The first kappa shape index (κ1) is 12.2. The highest BCUT2D eigenvalue weighted by Crippen LogP contribution is 1.90. The number of nitrogens with one attached hydrogen (secondary N) is 2. The normalized spacial score (nSPS) is 9.62. The van der Waals surface area contributed by atoms with Gasteiger partial charge in [0, 0.05) is 13.1 Å². The molecule has 0 unspecified atom stereocenters. The van der Waals surface area contributed by atoms with Gasteiger partial charge >= 0.3 is 0 Å². The van der Waals surface area contributed by atoms with Crippen LogP contribution in [0.1, 0.15) is 26.2 Å². The van der Waals surface area contributed by atoms with Gasteiger partial charge in [0.1, 0.15) is 0 Å². The fourth-order valence-corrected chi connectivity index (χ4v) is 0.971. The summed E-state index contributed by atoms with van der Waals surface area (Å²) in [6.45, 7) is 8.11. The van der Waals surface area contributed by atoms with Crippen molar-refractivity contribution in [2.45, 2.75) is 26.2 Å². The van der Waals surface area contributed by atoms with Gasteiger partial charge in [-0.15, -0.1) is 0 Å². The SMILES string of the molecule is C=CC(=O)NCCNCCCCC. The standard InChI is InChI=1S/C10H20N2O/c1-3-5-6-7-11-8-9-12-10(13)4-2/h4,11H,2-3,5-9H2,1H3,(H,12,13). The van der Waals surface area contributed by atoms with Crippen LogP contribution in [0.4, 0.5) is 0 Å². The van der Waals surface area contributed by atoms with Gasteiger partial charge in [-0.25, -0.2) is 0 Å². The second kappa shape index (κ2) is 9.26. The minimum Gasteiger partial charge on any atom is -0.351 e. The molecule has 0 aromatic rings. The zero-order valence-electron chi connectivity index (χ0n) is 8.44. The summed E-state index contributed by atoms with van der Waals surface area (Å²) < 4.78 is 0. The molecule has 13 heavy (non-hydrogen) atoms. The Morgan fingerprint density at radius 2 is 2.08 bits per heavy atom. The summed E-state index contributed by atoms with van der Waals surface area (Å²) in [6, 6.07) is 0. The van der Waals surface area contributed by atoms with Crippen molar-refractivity contribution in [1.29, 1.82) is 0 Å². The summed E-state index contributed by atoms with van der Waals surface area (Å²) in [5, 5.41) is 5.95. The van der Waals surface area contributed by atoms with E-state index in [1.54, 1.807) is 0 Å². The van der Waals surface area contributed by atoms with Crippen molar-refractivity contribution in [1.82, 2.24) is 10.6 Å². The first-order chi connectivity index (χ1) is 6.31. The zero-order valence-corrected chi connectivity index (χ0v) is 8.44. The molecule has 0 heterocycles. The second-order valence-electron chi connectivity index (χ2n) is 2.95. The number of hydrogen-bond acceptors (Lipinski definition) is 2. The largest absolute Gasteiger partial charge is 0.351 e. The van der Waals surface area contributed by atoms with Gasteiger partial charge in [0.05, 0.1) is 0 Å². The average Bonchev–Trinajstić information content (AvgIpc) is 2.16. The average molecular weight is 184 g/mol. The van der Waals surface area contributed by atoms with E-state index in [0.717, 1.165) is 13.1 Å². The maximum absolute atomic E-state index is 10.7. The Balaban J connectivity index is 2.99. The minimum atomic E-state index is -0.102. The highest BCUT2D eigenvalue weighted by Gasteiger charge is 1.91. The van der Waals surface area contributed by atoms with Crippen LogP contribution in [0.3, 0.4) is 0 Å². The second-order valence-corrected chi connectivity index (χ2v) is 2.95. The van der Waals surface area contributed by atoms with Gasteiger partial charge < -0.3 is 10.6 Å². The first-order valence-electron chi connectivity index (χ1n) is 4.92. The van der Waals surface area contributed by atoms with Crippen molar-refractivity contribution in [3.05, 3.63) is 12.7 Å². The molecule has 0 aliphatic carbocycles. The fourth-order valence-electron chi connectivity index (χ4n) is 0.971. The van der Waals surface area contributed by atoms with E-state index in [1.165, 1.54) is 25.3 Å². The highest BCUT2D eigenvalue weighted by molar-refractivity contribution is 5.86. The van der Waals surface area contributed by atoms with Crippen LogP contribution in [0.2, 0.25) is 0 Å². The third-order valence-electron chi connectivity index (χ3n) is 1.74. The van der Waals surface area contributed by atoms with E-state index in [1.807, 2.05) is 0 Å². The van der Waals surface area contributed by atoms with Crippen LogP contribution in [0.25, 0.3) is 0 Å². The molecule has 0 spiro atoms. The van der Waals surface area contributed by atoms with Gasteiger partial charge in [-0.05, 0) is 19.0 Å². The van der Waals surface area contributed by atoms with E-state index in [2.05, 4.69) is 24.1 Å². The molecule has 0 atom stereocenters. The quantitative estimate of drug-likeness (QED) is 0.437. The molecule has 3 heteroatoms. The van der Waals surface area contributed by atoms with Crippen LogP contribution in [0, 0.1) is 0 Å². The van der Waals surface area contributed by atoms with Gasteiger partial charge in [-0.1, -0.05) is 26.3 Å². The van der Waals surface area contributed by atoms with Crippen molar-refractivity contribution < 1.29 is 4.79 Å². The van der Waals surface area contributed by atoms with Crippen molar-refractivity contribution in [2.75, 3.05) is 19.6 Å². The molecule has 2 N–H and O–H groups in total. The minimum absolute atomic E-state index is 0.102. The Kier molecular flexibility index (Phi) is 8.67. The summed E-state index contributed by atoms with van der Waals surface area (Å²) in [4.78, 5) is 10.7. The lowest BCUT2D eigenvalue weighted by molar-refractivity contribution is -0.116. The number of amides is 1. The number of carbonyl (C=O) groups excluding carboxylic acids is 1. The third kappa shape index (κ3) is 9.08. The Hall–Kier alpha value is -0.830. The lowest BCUT2D eigenvalue weighted by atomic mass is 10.2. The van der Waals surface area contributed by atoms with E-state index < -0.39 is 0 Å². The van der Waals surface area contributed by atoms with Gasteiger partial charge in [0.15, 0.2) is 0 Å². The van der Waals surface area contributed by atoms with Crippen molar-refractivity contribution in [3.8, 4) is 0 Å². The van der Waals surface area contributed by atoms with Crippen LogP contribution in [-0.2, 0) is 4.79 Å². The predicted molar refractivity (Wildman–Crippen MR) is 55.6 cm³/mol. The molecule has 1 amide bonds. The number of rotatable bonds is 8. The molecular weight excluding hydrogens is 164 g/mol. The van der Waals surface area contributed by atoms with Crippen molar-refractivity contribution in [3.63, 3.8) is 0 Å². The molecule has 76 valence electrons. The number of unbranched alkanes of at least 4 members (excludes halogenated alkanes) is 2. The summed E-state index contributed by atoms with van der Waals surface area (Å²) in [5.74, 6) is -0.102. The molecular formula is C10H20N2O. The molecule has 0 rings (SSSR count). The lowest BCUT2D eigenvalue weighted by Gasteiger charge is -2.04. The molecule has 0 aliphatic heterocycles. The lowest BCUT2D eigenvalue weighted by Crippen LogP contribution is -2.31. The van der Waals surface area contributed by atoms with Crippen molar-refractivity contribution >= 4 is 5.91 Å². The molecule has 0 aromatic carbocycles. The third-order valence-corrected chi connectivity index (χ3v) is 1.74. The fraction of sp³-hybridized carbons (Fsp3) is 0.700. The van der Waals surface area contributed by atoms with E-state index in [4.69, 9.17) is 0 Å². The van der Waals surface area contributed by atoms with Gasteiger partial charge in [0.2, 0.25) is 5.91 Å². The van der Waals surface area contributed by atoms with E-state index >= 15 is 0 Å². The summed E-state index contributed by atoms with van der Waals surface area (Å²) in [6.07, 6.45) is 5.02. The highest BCUT2D eigenvalue weighted by atomic mass is 16.1. The van der Waals surface area contributed by atoms with E-state index in [-0.39, 0.29) is 5.91 Å². The maximum atomic E-state index is 10.7. The summed E-state index contributed by atoms with van der Waals surface area (Å²) in [5.41, 5.74) is 0. The Morgan fingerprint density at radius 3 is 2.69 bits per heavy atom. The predicted octanol–water partition coefficient (Wildman–Crippen LogP) is 1.07. The Labute approximate surface area is 80.6 Å². The molecule has 3 nitrogen and oxygen atoms in total. The molecule has 0 bridgehead atoms. The van der Waals surface area contributed by atoms with Crippen LogP contribution in [0.15, 0.2) is 12.7 Å². The summed E-state index contributed by atoms with van der Waals surface area (Å²) in [7, 11) is 0. The van der Waals surface area contributed by atoms with Gasteiger partial charge in [-0.3, -0.25) is 4.79 Å². The molecule has 0 fully saturated rings. The molecule has 0 aromatic heterocycles. The van der Waals surface area contributed by atoms with E-state index in [9.17, 15) is 4.79 Å². The zero-order chi connectivity index (χ0) is 9.94. The number of carbonyl (C=O) groups is 1. The molecule has 0 aliphatic rings.